The molecule has 4 nitrogen and oxygen atoms in total. The summed E-state index contributed by atoms with van der Waals surface area (Å²) in [7, 11) is 0. The van der Waals surface area contributed by atoms with E-state index in [1.165, 1.54) is 0 Å². The van der Waals surface area contributed by atoms with Crippen molar-refractivity contribution in [1.29, 1.82) is 5.26 Å². The molecule has 0 saturated carbocycles. The Balaban J connectivity index is 1.66. The van der Waals surface area contributed by atoms with Crippen LogP contribution in [0.1, 0.15) is 22.3 Å². The Hall–Kier alpha value is -3.81. The number of nitrogens with one attached hydrogen (secondary N) is 1. The Labute approximate surface area is 192 Å². The molecule has 32 heavy (non-hydrogen) atoms. The molecule has 0 spiro atoms. The third kappa shape index (κ3) is 4.59. The van der Waals surface area contributed by atoms with Crippen molar-refractivity contribution in [2.75, 3.05) is 5.32 Å². The van der Waals surface area contributed by atoms with Gasteiger partial charge in [0.15, 0.2) is 0 Å². The number of nitrogens with zero attached hydrogens (tertiary/aromatic N) is 2. The van der Waals surface area contributed by atoms with E-state index >= 15 is 0 Å². The Morgan fingerprint density at radius 1 is 1.06 bits per heavy atom. The largest absolute Gasteiger partial charge is 0.342 e. The van der Waals surface area contributed by atoms with Gasteiger partial charge in [0.2, 0.25) is 0 Å². The number of hydrogen-bond acceptors (Lipinski definition) is 2. The van der Waals surface area contributed by atoms with Gasteiger partial charge >= 0.3 is 0 Å². The predicted molar refractivity (Wildman–Crippen MR) is 131 cm³/mol. The standard InChI is InChI=1S/C27H22ClN3O/c1-18-7-12-24(13-19(18)2)30-27(32)21(15-29)14-22-17-31(26-6-4-3-5-25(22)26)16-20-8-10-23(28)11-9-20/h3-14,17H,16H2,1-2H3,(H,30,32). The molecule has 0 unspecified atom stereocenters. The minimum absolute atomic E-state index is 0.0534. The number of amides is 1. The first-order valence-electron chi connectivity index (χ1n) is 10.3. The smallest absolute Gasteiger partial charge is 0.266 e. The van der Waals surface area contributed by atoms with E-state index < -0.39 is 5.91 Å². The minimum Gasteiger partial charge on any atom is -0.342 e. The number of hydrogen-bond donors (Lipinski definition) is 1. The van der Waals surface area contributed by atoms with E-state index in [0.29, 0.717) is 17.3 Å². The normalized spacial score (nSPS) is 11.4. The van der Waals surface area contributed by atoms with Gasteiger partial charge in [-0.1, -0.05) is 48.0 Å². The van der Waals surface area contributed by atoms with Gasteiger partial charge in [-0.2, -0.15) is 5.26 Å². The van der Waals surface area contributed by atoms with Crippen LogP contribution < -0.4 is 5.32 Å². The second kappa shape index (κ2) is 9.13. The molecule has 0 bridgehead atoms. The van der Waals surface area contributed by atoms with Crippen molar-refractivity contribution >= 4 is 40.2 Å². The lowest BCUT2D eigenvalue weighted by atomic mass is 10.1. The van der Waals surface area contributed by atoms with Gasteiger partial charge in [0, 0.05) is 39.9 Å². The summed E-state index contributed by atoms with van der Waals surface area (Å²) in [5.74, 6) is -0.426. The van der Waals surface area contributed by atoms with Gasteiger partial charge in [0.05, 0.1) is 0 Å². The zero-order valence-corrected chi connectivity index (χ0v) is 18.6. The molecule has 1 amide bonds. The molecule has 5 heteroatoms. The number of para-hydroxylation sites is 1. The highest BCUT2D eigenvalue weighted by Crippen LogP contribution is 2.25. The van der Waals surface area contributed by atoms with Crippen LogP contribution in [0.2, 0.25) is 5.02 Å². The second-order valence-electron chi connectivity index (χ2n) is 7.78. The molecule has 4 rings (SSSR count). The van der Waals surface area contributed by atoms with Crippen molar-refractivity contribution in [2.24, 2.45) is 0 Å². The van der Waals surface area contributed by atoms with Crippen molar-refractivity contribution in [1.82, 2.24) is 4.57 Å². The van der Waals surface area contributed by atoms with Gasteiger partial charge in [-0.15, -0.1) is 0 Å². The summed E-state index contributed by atoms with van der Waals surface area (Å²) < 4.78 is 2.11. The first-order chi connectivity index (χ1) is 15.4. The molecular weight excluding hydrogens is 418 g/mol. The van der Waals surface area contributed by atoms with Crippen molar-refractivity contribution in [2.45, 2.75) is 20.4 Å². The molecule has 0 aliphatic heterocycles. The van der Waals surface area contributed by atoms with Gasteiger partial charge in [0.1, 0.15) is 11.6 Å². The number of rotatable bonds is 5. The van der Waals surface area contributed by atoms with Gasteiger partial charge in [-0.05, 0) is 66.9 Å². The Bertz CT molecular complexity index is 1370. The number of halogens is 1. The lowest BCUT2D eigenvalue weighted by Crippen LogP contribution is -2.13. The molecule has 3 aromatic carbocycles. The molecule has 1 N–H and O–H groups in total. The molecule has 0 radical (unpaired) electrons. The van der Waals surface area contributed by atoms with E-state index in [1.54, 1.807) is 6.08 Å². The van der Waals surface area contributed by atoms with E-state index in [1.807, 2.05) is 86.8 Å². The van der Waals surface area contributed by atoms with Crippen LogP contribution in [0, 0.1) is 25.2 Å². The van der Waals surface area contributed by atoms with Crippen LogP contribution >= 0.6 is 11.6 Å². The van der Waals surface area contributed by atoms with Gasteiger partial charge in [-0.3, -0.25) is 4.79 Å². The summed E-state index contributed by atoms with van der Waals surface area (Å²) in [4.78, 5) is 12.8. The first kappa shape index (κ1) is 21.4. The van der Waals surface area contributed by atoms with E-state index in [0.717, 1.165) is 33.2 Å². The fourth-order valence-electron chi connectivity index (χ4n) is 3.63. The van der Waals surface area contributed by atoms with E-state index in [-0.39, 0.29) is 5.57 Å². The predicted octanol–water partition coefficient (Wildman–Crippen LogP) is 6.51. The number of nitriles is 1. The summed E-state index contributed by atoms with van der Waals surface area (Å²) in [5.41, 5.74) is 5.91. The van der Waals surface area contributed by atoms with Crippen LogP contribution in [0.5, 0.6) is 0 Å². The first-order valence-corrected chi connectivity index (χ1v) is 10.6. The molecule has 0 aliphatic carbocycles. The molecule has 1 heterocycles. The highest BCUT2D eigenvalue weighted by Gasteiger charge is 2.13. The third-order valence-electron chi connectivity index (χ3n) is 5.52. The third-order valence-corrected chi connectivity index (χ3v) is 5.77. The highest BCUT2D eigenvalue weighted by atomic mass is 35.5. The molecule has 158 valence electrons. The summed E-state index contributed by atoms with van der Waals surface area (Å²) in [6, 6.07) is 23.4. The lowest BCUT2D eigenvalue weighted by molar-refractivity contribution is -0.112. The van der Waals surface area contributed by atoms with Crippen LogP contribution in [0.15, 0.2) is 78.5 Å². The zero-order valence-electron chi connectivity index (χ0n) is 17.9. The van der Waals surface area contributed by atoms with Gasteiger partial charge < -0.3 is 9.88 Å². The lowest BCUT2D eigenvalue weighted by Gasteiger charge is -2.07. The average Bonchev–Trinajstić information content (AvgIpc) is 3.13. The molecule has 0 atom stereocenters. The molecule has 0 fully saturated rings. The maximum absolute atomic E-state index is 12.8. The van der Waals surface area contributed by atoms with Crippen LogP contribution in [0.4, 0.5) is 5.69 Å². The Kier molecular flexibility index (Phi) is 6.11. The van der Waals surface area contributed by atoms with Gasteiger partial charge in [0.25, 0.3) is 5.91 Å². The quantitative estimate of drug-likeness (QED) is 0.285. The van der Waals surface area contributed by atoms with Crippen LogP contribution in [0.25, 0.3) is 17.0 Å². The molecule has 0 aliphatic rings. The molecule has 1 aromatic heterocycles. The molecule has 0 saturated heterocycles. The van der Waals surface area contributed by atoms with E-state index in [4.69, 9.17) is 11.6 Å². The minimum atomic E-state index is -0.426. The van der Waals surface area contributed by atoms with Crippen molar-refractivity contribution in [3.8, 4) is 6.07 Å². The molecular formula is C27H22ClN3O. The summed E-state index contributed by atoms with van der Waals surface area (Å²) in [6.07, 6.45) is 3.62. The summed E-state index contributed by atoms with van der Waals surface area (Å²) in [6.45, 7) is 4.66. The number of carbonyl (C=O) groups excluding carboxylic acids is 1. The number of benzene rings is 3. The van der Waals surface area contributed by atoms with Gasteiger partial charge in [-0.25, -0.2) is 0 Å². The maximum Gasteiger partial charge on any atom is 0.266 e. The average molecular weight is 440 g/mol. The monoisotopic (exact) mass is 439 g/mol. The Morgan fingerprint density at radius 2 is 1.81 bits per heavy atom. The van der Waals surface area contributed by atoms with Crippen molar-refractivity contribution in [3.05, 3.63) is 106 Å². The summed E-state index contributed by atoms with van der Waals surface area (Å²) >= 11 is 6.01. The second-order valence-corrected chi connectivity index (χ2v) is 8.22. The van der Waals surface area contributed by atoms with Crippen LogP contribution in [0.3, 0.4) is 0 Å². The number of fused-ring (bicyclic) bond motifs is 1. The molecule has 4 aromatic rings. The number of aryl methyl sites for hydroxylation is 2. The topological polar surface area (TPSA) is 57.8 Å². The summed E-state index contributed by atoms with van der Waals surface area (Å²) in [5, 5.41) is 14.2. The number of anilines is 1. The van der Waals surface area contributed by atoms with Crippen LogP contribution in [-0.2, 0) is 11.3 Å². The van der Waals surface area contributed by atoms with Crippen LogP contribution in [-0.4, -0.2) is 10.5 Å². The van der Waals surface area contributed by atoms with E-state index in [2.05, 4.69) is 16.0 Å². The maximum atomic E-state index is 12.8. The van der Waals surface area contributed by atoms with Crippen molar-refractivity contribution in [3.63, 3.8) is 0 Å². The fraction of sp³-hybridized carbons (Fsp3) is 0.111. The number of carbonyl (C=O) groups is 1. The fourth-order valence-corrected chi connectivity index (χ4v) is 3.76. The van der Waals surface area contributed by atoms with E-state index in [9.17, 15) is 10.1 Å². The SMILES string of the molecule is Cc1ccc(NC(=O)C(C#N)=Cc2cn(Cc3ccc(Cl)cc3)c3ccccc23)cc1C. The highest BCUT2D eigenvalue weighted by molar-refractivity contribution is 6.30. The van der Waals surface area contributed by atoms with Crippen molar-refractivity contribution < 1.29 is 4.79 Å². The number of aromatic nitrogens is 1. The Morgan fingerprint density at radius 3 is 2.53 bits per heavy atom. The zero-order chi connectivity index (χ0) is 22.7.